The van der Waals surface area contributed by atoms with E-state index in [1.54, 1.807) is 6.07 Å². The molecule has 0 aliphatic heterocycles. The molecular weight excluding hydrogens is 493 g/mol. The highest BCUT2D eigenvalue weighted by Gasteiger charge is 2.18. The van der Waals surface area contributed by atoms with Crippen LogP contribution in [0.15, 0.2) is 146 Å². The molecular formula is C36H24FN3. The van der Waals surface area contributed by atoms with Crippen molar-refractivity contribution in [2.24, 2.45) is 0 Å². The summed E-state index contributed by atoms with van der Waals surface area (Å²) in [4.78, 5) is 11.1. The molecule has 4 heteroatoms. The summed E-state index contributed by atoms with van der Waals surface area (Å²) >= 11 is 0. The van der Waals surface area contributed by atoms with Crippen molar-refractivity contribution in [1.29, 1.82) is 0 Å². The molecule has 0 fully saturated rings. The zero-order chi connectivity index (χ0) is 26.9. The van der Waals surface area contributed by atoms with E-state index in [1.807, 2.05) is 53.6 Å². The molecule has 2 heterocycles. The Morgan fingerprint density at radius 1 is 0.475 bits per heavy atom. The SMILES string of the molecule is Fc1ccc(N(c2ccccc2)c2ccc(-c3c4ccccc4c(-c4ccccn4)c4ccccc34)cc2)nc1. The van der Waals surface area contributed by atoms with Crippen LogP contribution in [0.1, 0.15) is 0 Å². The number of aromatic nitrogens is 2. The van der Waals surface area contributed by atoms with Gasteiger partial charge in [-0.25, -0.2) is 9.37 Å². The highest BCUT2D eigenvalue weighted by atomic mass is 19.1. The molecule has 7 aromatic rings. The van der Waals surface area contributed by atoms with Gasteiger partial charge in [-0.2, -0.15) is 0 Å². The number of halogens is 1. The standard InChI is InChI=1S/C36H24FN3/c37-26-19-22-34(39-24-26)40(27-10-2-1-3-11-27)28-20-17-25(18-21-28)35-29-12-4-6-14-31(29)36(33-16-8-9-23-38-33)32-15-7-5-13-30(32)35/h1-24H. The van der Waals surface area contributed by atoms with Gasteiger partial charge < -0.3 is 0 Å². The molecule has 2 aromatic heterocycles. The molecule has 0 saturated carbocycles. The van der Waals surface area contributed by atoms with Gasteiger partial charge in [0.1, 0.15) is 11.6 Å². The largest absolute Gasteiger partial charge is 0.295 e. The number of rotatable bonds is 5. The average Bonchev–Trinajstić information content (AvgIpc) is 3.02. The van der Waals surface area contributed by atoms with Crippen molar-refractivity contribution in [3.05, 3.63) is 152 Å². The lowest BCUT2D eigenvalue weighted by Gasteiger charge is -2.24. The maximum absolute atomic E-state index is 13.7. The summed E-state index contributed by atoms with van der Waals surface area (Å²) in [6.45, 7) is 0. The Morgan fingerprint density at radius 2 is 1.05 bits per heavy atom. The third kappa shape index (κ3) is 4.16. The maximum atomic E-state index is 13.7. The molecule has 190 valence electrons. The van der Waals surface area contributed by atoms with Crippen LogP contribution < -0.4 is 4.90 Å². The zero-order valence-electron chi connectivity index (χ0n) is 21.6. The van der Waals surface area contributed by atoms with Crippen molar-refractivity contribution < 1.29 is 4.39 Å². The van der Waals surface area contributed by atoms with Gasteiger partial charge in [0.15, 0.2) is 0 Å². The molecule has 0 amide bonds. The predicted octanol–water partition coefficient (Wildman–Crippen LogP) is 9.73. The highest BCUT2D eigenvalue weighted by molar-refractivity contribution is 6.21. The van der Waals surface area contributed by atoms with E-state index in [0.29, 0.717) is 5.82 Å². The molecule has 40 heavy (non-hydrogen) atoms. The number of pyridine rings is 2. The van der Waals surface area contributed by atoms with Gasteiger partial charge >= 0.3 is 0 Å². The number of hydrogen-bond donors (Lipinski definition) is 0. The third-order valence-electron chi connectivity index (χ3n) is 7.22. The minimum absolute atomic E-state index is 0.361. The lowest BCUT2D eigenvalue weighted by atomic mass is 9.87. The Balaban J connectivity index is 1.42. The van der Waals surface area contributed by atoms with Crippen LogP contribution in [0.25, 0.3) is 43.9 Å². The van der Waals surface area contributed by atoms with Crippen LogP contribution >= 0.6 is 0 Å². The van der Waals surface area contributed by atoms with Gasteiger partial charge in [0.25, 0.3) is 0 Å². The fourth-order valence-electron chi connectivity index (χ4n) is 5.49. The van der Waals surface area contributed by atoms with Crippen molar-refractivity contribution in [2.45, 2.75) is 0 Å². The first kappa shape index (κ1) is 23.7. The van der Waals surface area contributed by atoms with Gasteiger partial charge in [0.05, 0.1) is 11.9 Å². The summed E-state index contributed by atoms with van der Waals surface area (Å²) in [6.07, 6.45) is 3.10. The van der Waals surface area contributed by atoms with Crippen LogP contribution in [0.4, 0.5) is 21.6 Å². The number of anilines is 3. The Morgan fingerprint density at radius 3 is 1.62 bits per heavy atom. The molecule has 0 aliphatic rings. The molecule has 0 N–H and O–H groups in total. The fraction of sp³-hybridized carbons (Fsp3) is 0. The summed E-state index contributed by atoms with van der Waals surface area (Å²) in [5.41, 5.74) is 6.29. The van der Waals surface area contributed by atoms with Crippen molar-refractivity contribution in [1.82, 2.24) is 9.97 Å². The van der Waals surface area contributed by atoms with Gasteiger partial charge in [0.2, 0.25) is 0 Å². The molecule has 0 radical (unpaired) electrons. The molecule has 0 unspecified atom stereocenters. The van der Waals surface area contributed by atoms with E-state index in [9.17, 15) is 4.39 Å². The van der Waals surface area contributed by atoms with E-state index in [4.69, 9.17) is 4.98 Å². The summed E-state index contributed by atoms with van der Waals surface area (Å²) in [7, 11) is 0. The van der Waals surface area contributed by atoms with E-state index in [-0.39, 0.29) is 5.82 Å². The molecule has 0 bridgehead atoms. The van der Waals surface area contributed by atoms with Crippen molar-refractivity contribution in [3.8, 4) is 22.4 Å². The summed E-state index contributed by atoms with van der Waals surface area (Å²) in [6, 6.07) is 44.8. The first-order chi connectivity index (χ1) is 19.8. The van der Waals surface area contributed by atoms with Gasteiger partial charge in [-0.3, -0.25) is 9.88 Å². The number of fused-ring (bicyclic) bond motifs is 2. The number of nitrogens with zero attached hydrogens (tertiary/aromatic N) is 3. The van der Waals surface area contributed by atoms with E-state index >= 15 is 0 Å². The molecule has 7 rings (SSSR count). The van der Waals surface area contributed by atoms with Gasteiger partial charge in [-0.05, 0) is 81.2 Å². The minimum atomic E-state index is -0.361. The lowest BCUT2D eigenvalue weighted by molar-refractivity contribution is 0.621. The highest BCUT2D eigenvalue weighted by Crippen LogP contribution is 2.43. The van der Waals surface area contributed by atoms with Crippen LogP contribution in [0, 0.1) is 5.82 Å². The second-order valence-electron chi connectivity index (χ2n) is 9.61. The zero-order valence-corrected chi connectivity index (χ0v) is 21.6. The second-order valence-corrected chi connectivity index (χ2v) is 9.61. The number of hydrogen-bond acceptors (Lipinski definition) is 3. The quantitative estimate of drug-likeness (QED) is 0.213. The molecule has 3 nitrogen and oxygen atoms in total. The van der Waals surface area contributed by atoms with E-state index in [1.165, 1.54) is 39.4 Å². The predicted molar refractivity (Wildman–Crippen MR) is 163 cm³/mol. The monoisotopic (exact) mass is 517 g/mol. The Bertz CT molecular complexity index is 1880. The lowest BCUT2D eigenvalue weighted by Crippen LogP contribution is -2.11. The van der Waals surface area contributed by atoms with Crippen molar-refractivity contribution >= 4 is 38.7 Å². The first-order valence-corrected chi connectivity index (χ1v) is 13.2. The molecule has 5 aromatic carbocycles. The van der Waals surface area contributed by atoms with Crippen molar-refractivity contribution in [3.63, 3.8) is 0 Å². The summed E-state index contributed by atoms with van der Waals surface area (Å²) < 4.78 is 13.7. The third-order valence-corrected chi connectivity index (χ3v) is 7.22. The van der Waals surface area contributed by atoms with Crippen LogP contribution in [0.2, 0.25) is 0 Å². The normalized spacial score (nSPS) is 11.1. The van der Waals surface area contributed by atoms with Crippen LogP contribution in [0.5, 0.6) is 0 Å². The van der Waals surface area contributed by atoms with Crippen LogP contribution in [-0.4, -0.2) is 9.97 Å². The topological polar surface area (TPSA) is 29.0 Å². The van der Waals surface area contributed by atoms with Gasteiger partial charge in [-0.15, -0.1) is 0 Å². The summed E-state index contributed by atoms with van der Waals surface area (Å²) in [5.74, 6) is 0.288. The van der Waals surface area contributed by atoms with E-state index in [2.05, 4.69) is 83.8 Å². The smallest absolute Gasteiger partial charge is 0.141 e. The fourth-order valence-corrected chi connectivity index (χ4v) is 5.49. The van der Waals surface area contributed by atoms with Crippen molar-refractivity contribution in [2.75, 3.05) is 4.90 Å². The number of para-hydroxylation sites is 1. The molecule has 0 spiro atoms. The Kier molecular flexibility index (Phi) is 5.98. The number of benzene rings is 5. The minimum Gasteiger partial charge on any atom is -0.295 e. The van der Waals surface area contributed by atoms with Gasteiger partial charge in [0, 0.05) is 23.1 Å². The Labute approximate surface area is 231 Å². The first-order valence-electron chi connectivity index (χ1n) is 13.2. The molecule has 0 aliphatic carbocycles. The average molecular weight is 518 g/mol. The molecule has 0 saturated heterocycles. The summed E-state index contributed by atoms with van der Waals surface area (Å²) in [5, 5.41) is 4.69. The van der Waals surface area contributed by atoms with Crippen LogP contribution in [0.3, 0.4) is 0 Å². The van der Waals surface area contributed by atoms with Crippen LogP contribution in [-0.2, 0) is 0 Å². The second kappa shape index (κ2) is 10.1. The van der Waals surface area contributed by atoms with Gasteiger partial charge in [-0.1, -0.05) is 84.9 Å². The van der Waals surface area contributed by atoms with E-state index in [0.717, 1.165) is 28.2 Å². The molecule has 0 atom stereocenters. The Hall–Kier alpha value is -5.35. The van der Waals surface area contributed by atoms with E-state index < -0.39 is 0 Å². The maximum Gasteiger partial charge on any atom is 0.141 e.